The van der Waals surface area contributed by atoms with Crippen LogP contribution >= 0.6 is 0 Å². The van der Waals surface area contributed by atoms with E-state index in [1.54, 1.807) is 23.9 Å². The van der Waals surface area contributed by atoms with Gasteiger partial charge in [0.25, 0.3) is 11.1 Å². The van der Waals surface area contributed by atoms with Crippen LogP contribution < -0.4 is 26.1 Å². The normalized spacial score (nSPS) is 16.6. The van der Waals surface area contributed by atoms with Gasteiger partial charge in [0.1, 0.15) is 11.1 Å². The summed E-state index contributed by atoms with van der Waals surface area (Å²) in [6, 6.07) is 8.88. The number of aromatic nitrogens is 6. The maximum atomic E-state index is 13.3. The number of allylic oxidation sites excluding steroid dienone is 1. The zero-order chi connectivity index (χ0) is 29.6. The monoisotopic (exact) mass is 571 g/mol. The van der Waals surface area contributed by atoms with E-state index >= 15 is 0 Å². The molecule has 5 heterocycles. The Balaban J connectivity index is 1.32. The Bertz CT molecular complexity index is 1750. The molecule has 2 aliphatic heterocycles. The van der Waals surface area contributed by atoms with Gasteiger partial charge in [0, 0.05) is 50.2 Å². The van der Waals surface area contributed by atoms with Gasteiger partial charge in [-0.15, -0.1) is 11.7 Å². The Kier molecular flexibility index (Phi) is 7.09. The molecule has 220 valence electrons. The highest BCUT2D eigenvalue weighted by Gasteiger charge is 2.43. The number of piperidine rings is 1. The Labute approximate surface area is 243 Å². The van der Waals surface area contributed by atoms with Crippen molar-refractivity contribution in [1.29, 1.82) is 0 Å². The number of hydrogen-bond donors (Lipinski definition) is 1. The number of rotatable bonds is 8. The fraction of sp³-hybridized carbons (Fsp3) is 0.433. The van der Waals surface area contributed by atoms with Crippen molar-refractivity contribution in [2.45, 2.75) is 39.3 Å². The van der Waals surface area contributed by atoms with Gasteiger partial charge in [-0.05, 0) is 57.4 Å². The standard InChI is InChI=1S/C30H37N9O3/c1-6-13-37-28(41)22-17-31-29(33-27(22)39(37)25-9-10-26(40)38(34-25)20(2)3)32-21-7-8-23(24(16-21)42-5)36-14-11-30(12-15-36)18-35(4)19-30/h6-10,16-17,20H,1,11-15,18-19H2,2-5H3,(H,31,32,33). The average molecular weight is 572 g/mol. The highest BCUT2D eigenvalue weighted by atomic mass is 16.5. The third-order valence-corrected chi connectivity index (χ3v) is 8.31. The quantitative estimate of drug-likeness (QED) is 0.318. The largest absolute Gasteiger partial charge is 0.495 e. The van der Waals surface area contributed by atoms with Gasteiger partial charge in [-0.2, -0.15) is 4.98 Å². The molecule has 0 unspecified atom stereocenters. The molecule has 4 aromatic rings. The second kappa shape index (κ2) is 10.8. The van der Waals surface area contributed by atoms with Crippen LogP contribution in [0.4, 0.5) is 17.3 Å². The lowest BCUT2D eigenvalue weighted by Gasteiger charge is -2.53. The Morgan fingerprint density at radius 1 is 1.14 bits per heavy atom. The minimum absolute atomic E-state index is 0.158. The summed E-state index contributed by atoms with van der Waals surface area (Å²) in [6.07, 6.45) is 5.51. The highest BCUT2D eigenvalue weighted by Crippen LogP contribution is 2.42. The zero-order valence-electron chi connectivity index (χ0n) is 24.6. The van der Waals surface area contributed by atoms with Gasteiger partial charge in [-0.1, -0.05) is 6.08 Å². The second-order valence-corrected chi connectivity index (χ2v) is 11.7. The van der Waals surface area contributed by atoms with Crippen molar-refractivity contribution >= 4 is 28.4 Å². The van der Waals surface area contributed by atoms with E-state index in [0.29, 0.717) is 28.2 Å². The van der Waals surface area contributed by atoms with E-state index in [9.17, 15) is 9.59 Å². The number of benzene rings is 1. The van der Waals surface area contributed by atoms with Gasteiger partial charge in [0.15, 0.2) is 11.5 Å². The molecule has 0 bridgehead atoms. The summed E-state index contributed by atoms with van der Waals surface area (Å²) in [5.41, 5.74) is 2.18. The molecule has 6 rings (SSSR count). The SMILES string of the molecule is C=CCn1c(=O)c2cnc(Nc3ccc(N4CCC5(CC4)CN(C)C5)c(OC)c3)nc2n1-c1ccc(=O)n(C(C)C)n1. The van der Waals surface area contributed by atoms with Crippen LogP contribution in [0, 0.1) is 5.41 Å². The number of ether oxygens (including phenoxy) is 1. The van der Waals surface area contributed by atoms with Crippen molar-refractivity contribution in [3.8, 4) is 11.6 Å². The van der Waals surface area contributed by atoms with Gasteiger partial charge in [0.05, 0.1) is 25.4 Å². The summed E-state index contributed by atoms with van der Waals surface area (Å²) in [5, 5.41) is 8.13. The number of nitrogens with zero attached hydrogens (tertiary/aromatic N) is 8. The highest BCUT2D eigenvalue weighted by molar-refractivity contribution is 5.77. The van der Waals surface area contributed by atoms with Gasteiger partial charge in [0.2, 0.25) is 5.95 Å². The van der Waals surface area contributed by atoms with Crippen LogP contribution in [0.5, 0.6) is 5.75 Å². The number of fused-ring (bicyclic) bond motifs is 1. The minimum atomic E-state index is -0.275. The minimum Gasteiger partial charge on any atom is -0.495 e. The van der Waals surface area contributed by atoms with E-state index in [0.717, 1.165) is 30.2 Å². The lowest BCUT2D eigenvalue weighted by atomic mass is 9.72. The van der Waals surface area contributed by atoms with E-state index < -0.39 is 0 Å². The van der Waals surface area contributed by atoms with Crippen LogP contribution in [0.15, 0.2) is 58.8 Å². The molecule has 3 aromatic heterocycles. The lowest BCUT2D eigenvalue weighted by Crippen LogP contribution is -2.58. The molecule has 1 spiro atoms. The predicted molar refractivity (Wildman–Crippen MR) is 163 cm³/mol. The van der Waals surface area contributed by atoms with Crippen LogP contribution in [0.1, 0.15) is 32.7 Å². The molecule has 42 heavy (non-hydrogen) atoms. The molecular formula is C30H37N9O3. The van der Waals surface area contributed by atoms with Crippen LogP contribution in [0.3, 0.4) is 0 Å². The van der Waals surface area contributed by atoms with E-state index in [-0.39, 0.29) is 23.7 Å². The summed E-state index contributed by atoms with van der Waals surface area (Å²) < 4.78 is 10.3. The van der Waals surface area contributed by atoms with Crippen LogP contribution in [0.2, 0.25) is 0 Å². The van der Waals surface area contributed by atoms with Gasteiger partial charge >= 0.3 is 0 Å². The summed E-state index contributed by atoms with van der Waals surface area (Å²) in [6.45, 7) is 12.2. The summed E-state index contributed by atoms with van der Waals surface area (Å²) in [5.74, 6) is 1.48. The molecule has 2 saturated heterocycles. The van der Waals surface area contributed by atoms with Gasteiger partial charge < -0.3 is 19.9 Å². The van der Waals surface area contributed by atoms with Crippen molar-refractivity contribution in [2.24, 2.45) is 5.41 Å². The maximum absolute atomic E-state index is 13.3. The fourth-order valence-corrected chi connectivity index (χ4v) is 6.29. The van der Waals surface area contributed by atoms with Crippen LogP contribution in [-0.4, -0.2) is 74.3 Å². The Morgan fingerprint density at radius 2 is 1.90 bits per heavy atom. The third-order valence-electron chi connectivity index (χ3n) is 8.31. The zero-order valence-corrected chi connectivity index (χ0v) is 24.6. The van der Waals surface area contributed by atoms with Crippen LogP contribution in [-0.2, 0) is 6.54 Å². The summed E-state index contributed by atoms with van der Waals surface area (Å²) in [4.78, 5) is 39.6. The molecule has 0 amide bonds. The second-order valence-electron chi connectivity index (χ2n) is 11.7. The van der Waals surface area contributed by atoms with E-state index in [1.165, 1.54) is 47.6 Å². The molecule has 2 aliphatic rings. The van der Waals surface area contributed by atoms with Crippen molar-refractivity contribution in [3.63, 3.8) is 0 Å². The lowest BCUT2D eigenvalue weighted by molar-refractivity contribution is 0.00126. The van der Waals surface area contributed by atoms with Crippen molar-refractivity contribution < 1.29 is 4.74 Å². The smallest absolute Gasteiger partial charge is 0.278 e. The molecule has 0 saturated carbocycles. The third kappa shape index (κ3) is 4.85. The number of likely N-dealkylation sites (tertiary alicyclic amines) is 1. The molecular weight excluding hydrogens is 534 g/mol. The average Bonchev–Trinajstić information content (AvgIpc) is 3.23. The molecule has 12 heteroatoms. The first kappa shape index (κ1) is 27.7. The van der Waals surface area contributed by atoms with E-state index in [4.69, 9.17) is 9.72 Å². The molecule has 0 aliphatic carbocycles. The van der Waals surface area contributed by atoms with Gasteiger partial charge in [-0.25, -0.2) is 19.0 Å². The Hall–Kier alpha value is -4.45. The fourth-order valence-electron chi connectivity index (χ4n) is 6.29. The summed E-state index contributed by atoms with van der Waals surface area (Å²) in [7, 11) is 3.87. The first-order valence-corrected chi connectivity index (χ1v) is 14.3. The first-order chi connectivity index (χ1) is 20.2. The van der Waals surface area contributed by atoms with Gasteiger partial charge in [-0.3, -0.25) is 9.59 Å². The molecule has 12 nitrogen and oxygen atoms in total. The Morgan fingerprint density at radius 3 is 2.57 bits per heavy atom. The van der Waals surface area contributed by atoms with Crippen molar-refractivity contribution in [3.05, 3.63) is 69.9 Å². The number of methoxy groups -OCH3 is 1. The molecule has 0 atom stereocenters. The number of nitrogens with one attached hydrogen (secondary N) is 1. The number of anilines is 3. The molecule has 2 fully saturated rings. The molecule has 1 N–H and O–H groups in total. The maximum Gasteiger partial charge on any atom is 0.278 e. The van der Waals surface area contributed by atoms with Crippen molar-refractivity contribution in [1.82, 2.24) is 34.0 Å². The van der Waals surface area contributed by atoms with Crippen LogP contribution in [0.25, 0.3) is 16.9 Å². The van der Waals surface area contributed by atoms with E-state index in [1.807, 2.05) is 26.0 Å². The predicted octanol–water partition coefficient (Wildman–Crippen LogP) is 3.19. The molecule has 1 aromatic carbocycles. The molecule has 0 radical (unpaired) electrons. The first-order valence-electron chi connectivity index (χ1n) is 14.3. The topological polar surface area (TPSA) is 115 Å². The number of hydrogen-bond acceptors (Lipinski definition) is 9. The summed E-state index contributed by atoms with van der Waals surface area (Å²) >= 11 is 0. The van der Waals surface area contributed by atoms with Crippen molar-refractivity contribution in [2.75, 3.05) is 50.6 Å². The van der Waals surface area contributed by atoms with E-state index in [2.05, 4.69) is 44.9 Å².